The van der Waals surface area contributed by atoms with Crippen molar-refractivity contribution in [2.75, 3.05) is 7.11 Å². The van der Waals surface area contributed by atoms with Crippen LogP contribution >= 0.6 is 15.9 Å². The van der Waals surface area contributed by atoms with Gasteiger partial charge in [0, 0.05) is 12.3 Å². The highest BCUT2D eigenvalue weighted by atomic mass is 79.9. The van der Waals surface area contributed by atoms with Crippen molar-refractivity contribution in [1.82, 2.24) is 4.98 Å². The van der Waals surface area contributed by atoms with Crippen molar-refractivity contribution in [2.24, 2.45) is 0 Å². The lowest BCUT2D eigenvalue weighted by molar-refractivity contribution is 0.299. The van der Waals surface area contributed by atoms with E-state index in [1.54, 1.807) is 37.6 Å². The lowest BCUT2D eigenvalue weighted by atomic mass is 10.3. The van der Waals surface area contributed by atoms with Crippen molar-refractivity contribution in [2.45, 2.75) is 6.61 Å². The molecule has 2 aromatic rings. The van der Waals surface area contributed by atoms with Gasteiger partial charge in [-0.05, 0) is 40.2 Å². The highest BCUT2D eigenvalue weighted by Gasteiger charge is 2.03. The van der Waals surface area contributed by atoms with Gasteiger partial charge in [-0.25, -0.2) is 4.39 Å². The third-order valence-corrected chi connectivity index (χ3v) is 2.91. The van der Waals surface area contributed by atoms with Crippen LogP contribution in [-0.4, -0.2) is 12.1 Å². The second-order valence-electron chi connectivity index (χ2n) is 3.55. The van der Waals surface area contributed by atoms with Crippen LogP contribution in [0.3, 0.4) is 0 Å². The third kappa shape index (κ3) is 3.20. The second-order valence-corrected chi connectivity index (χ2v) is 4.41. The number of pyridine rings is 1. The SMILES string of the molecule is COc1ccnc(COc2ccc(F)c(Br)c2)c1. The topological polar surface area (TPSA) is 31.4 Å². The van der Waals surface area contributed by atoms with Crippen LogP contribution in [0.4, 0.5) is 4.39 Å². The monoisotopic (exact) mass is 311 g/mol. The number of benzene rings is 1. The van der Waals surface area contributed by atoms with Gasteiger partial charge in [-0.15, -0.1) is 0 Å². The number of nitrogens with zero attached hydrogens (tertiary/aromatic N) is 1. The number of halogens is 2. The lowest BCUT2D eigenvalue weighted by Crippen LogP contribution is -1.98. The van der Waals surface area contributed by atoms with Gasteiger partial charge >= 0.3 is 0 Å². The van der Waals surface area contributed by atoms with Gasteiger partial charge in [-0.1, -0.05) is 0 Å². The molecule has 0 N–H and O–H groups in total. The standard InChI is InChI=1S/C13H11BrFNO2/c1-17-10-4-5-16-9(6-10)8-18-11-2-3-13(15)12(14)7-11/h2-7H,8H2,1H3. The van der Waals surface area contributed by atoms with Crippen molar-refractivity contribution in [1.29, 1.82) is 0 Å². The summed E-state index contributed by atoms with van der Waals surface area (Å²) in [5, 5.41) is 0. The van der Waals surface area contributed by atoms with E-state index in [-0.39, 0.29) is 5.82 Å². The number of methoxy groups -OCH3 is 1. The fraction of sp³-hybridized carbons (Fsp3) is 0.154. The number of rotatable bonds is 4. The zero-order valence-corrected chi connectivity index (χ0v) is 11.3. The molecule has 0 radical (unpaired) electrons. The molecular formula is C13H11BrFNO2. The Hall–Kier alpha value is -1.62. The molecule has 1 heterocycles. The van der Waals surface area contributed by atoms with Gasteiger partial charge in [0.15, 0.2) is 0 Å². The normalized spacial score (nSPS) is 10.2. The molecule has 0 unspecified atom stereocenters. The minimum absolute atomic E-state index is 0.301. The highest BCUT2D eigenvalue weighted by molar-refractivity contribution is 9.10. The number of aromatic nitrogens is 1. The minimum atomic E-state index is -0.318. The first-order valence-corrected chi connectivity index (χ1v) is 6.05. The first-order valence-electron chi connectivity index (χ1n) is 5.26. The van der Waals surface area contributed by atoms with Crippen LogP contribution in [-0.2, 0) is 6.61 Å². The Morgan fingerprint density at radius 3 is 2.78 bits per heavy atom. The second kappa shape index (κ2) is 5.82. The Labute approximate surface area is 113 Å². The summed E-state index contributed by atoms with van der Waals surface area (Å²) in [5.74, 6) is 0.985. The molecule has 0 amide bonds. The summed E-state index contributed by atoms with van der Waals surface area (Å²) in [7, 11) is 1.59. The molecule has 0 saturated carbocycles. The van der Waals surface area contributed by atoms with E-state index in [4.69, 9.17) is 9.47 Å². The minimum Gasteiger partial charge on any atom is -0.497 e. The van der Waals surface area contributed by atoms with Gasteiger partial charge in [0.05, 0.1) is 17.3 Å². The van der Waals surface area contributed by atoms with Crippen LogP contribution in [0.25, 0.3) is 0 Å². The number of ether oxygens (including phenoxy) is 2. The lowest BCUT2D eigenvalue weighted by Gasteiger charge is -2.07. The van der Waals surface area contributed by atoms with Crippen LogP contribution in [0.2, 0.25) is 0 Å². The number of hydrogen-bond acceptors (Lipinski definition) is 3. The molecule has 3 nitrogen and oxygen atoms in total. The van der Waals surface area contributed by atoms with E-state index in [0.29, 0.717) is 16.8 Å². The molecule has 0 saturated heterocycles. The van der Waals surface area contributed by atoms with Gasteiger partial charge in [0.1, 0.15) is 23.9 Å². The fourth-order valence-electron chi connectivity index (χ4n) is 1.39. The third-order valence-electron chi connectivity index (χ3n) is 2.30. The molecule has 0 spiro atoms. The van der Waals surface area contributed by atoms with Crippen molar-refractivity contribution < 1.29 is 13.9 Å². The molecule has 0 atom stereocenters. The van der Waals surface area contributed by atoms with E-state index in [1.807, 2.05) is 0 Å². The average Bonchev–Trinajstić information content (AvgIpc) is 2.40. The summed E-state index contributed by atoms with van der Waals surface area (Å²) in [6, 6.07) is 8.05. The molecular weight excluding hydrogens is 301 g/mol. The maximum atomic E-state index is 13.0. The van der Waals surface area contributed by atoms with Gasteiger partial charge in [0.25, 0.3) is 0 Å². The van der Waals surface area contributed by atoms with E-state index in [0.717, 1.165) is 11.4 Å². The van der Waals surface area contributed by atoms with Crippen molar-refractivity contribution in [3.8, 4) is 11.5 Å². The largest absolute Gasteiger partial charge is 0.497 e. The van der Waals surface area contributed by atoms with E-state index in [1.165, 1.54) is 6.07 Å². The zero-order chi connectivity index (χ0) is 13.0. The highest BCUT2D eigenvalue weighted by Crippen LogP contribution is 2.22. The molecule has 94 valence electrons. The van der Waals surface area contributed by atoms with Crippen LogP contribution in [0.1, 0.15) is 5.69 Å². The Morgan fingerprint density at radius 2 is 2.06 bits per heavy atom. The van der Waals surface area contributed by atoms with Crippen molar-refractivity contribution in [3.63, 3.8) is 0 Å². The molecule has 0 aliphatic heterocycles. The first kappa shape index (κ1) is 12.8. The first-order chi connectivity index (χ1) is 8.69. The Kier molecular flexibility index (Phi) is 4.15. The van der Waals surface area contributed by atoms with E-state index in [9.17, 15) is 4.39 Å². The summed E-state index contributed by atoms with van der Waals surface area (Å²) >= 11 is 3.10. The molecule has 1 aromatic heterocycles. The maximum absolute atomic E-state index is 13.0. The summed E-state index contributed by atoms with van der Waals surface area (Å²) in [6.45, 7) is 0.301. The van der Waals surface area contributed by atoms with Crippen LogP contribution in [0.15, 0.2) is 41.0 Å². The molecule has 0 bridgehead atoms. The molecule has 2 rings (SSSR count). The predicted molar refractivity (Wildman–Crippen MR) is 69.2 cm³/mol. The average molecular weight is 312 g/mol. The van der Waals surface area contributed by atoms with Gasteiger partial charge in [-0.2, -0.15) is 0 Å². The molecule has 0 fully saturated rings. The maximum Gasteiger partial charge on any atom is 0.137 e. The Morgan fingerprint density at radius 1 is 1.22 bits per heavy atom. The van der Waals surface area contributed by atoms with Crippen molar-refractivity contribution >= 4 is 15.9 Å². The quantitative estimate of drug-likeness (QED) is 0.865. The summed E-state index contributed by atoms with van der Waals surface area (Å²) < 4.78 is 24.0. The predicted octanol–water partition coefficient (Wildman–Crippen LogP) is 3.57. The number of hydrogen-bond donors (Lipinski definition) is 0. The van der Waals surface area contributed by atoms with Crippen LogP contribution in [0.5, 0.6) is 11.5 Å². The van der Waals surface area contributed by atoms with E-state index in [2.05, 4.69) is 20.9 Å². The fourth-order valence-corrected chi connectivity index (χ4v) is 1.74. The van der Waals surface area contributed by atoms with Gasteiger partial charge in [-0.3, -0.25) is 4.98 Å². The Bertz CT molecular complexity index is 548. The zero-order valence-electron chi connectivity index (χ0n) is 9.69. The summed E-state index contributed by atoms with van der Waals surface area (Å²) in [5.41, 5.74) is 0.745. The van der Waals surface area contributed by atoms with Gasteiger partial charge in [0.2, 0.25) is 0 Å². The molecule has 0 aliphatic carbocycles. The van der Waals surface area contributed by atoms with Gasteiger partial charge < -0.3 is 9.47 Å². The summed E-state index contributed by atoms with van der Waals surface area (Å²) in [4.78, 5) is 4.15. The van der Waals surface area contributed by atoms with Crippen molar-refractivity contribution in [3.05, 3.63) is 52.5 Å². The molecule has 0 aliphatic rings. The van der Waals surface area contributed by atoms with E-state index >= 15 is 0 Å². The van der Waals surface area contributed by atoms with Crippen LogP contribution in [0, 0.1) is 5.82 Å². The molecule has 5 heteroatoms. The summed E-state index contributed by atoms with van der Waals surface area (Å²) in [6.07, 6.45) is 1.65. The smallest absolute Gasteiger partial charge is 0.137 e. The van der Waals surface area contributed by atoms with Crippen LogP contribution < -0.4 is 9.47 Å². The molecule has 18 heavy (non-hydrogen) atoms. The van der Waals surface area contributed by atoms with E-state index < -0.39 is 0 Å². The Balaban J connectivity index is 2.04. The molecule has 1 aromatic carbocycles.